The summed E-state index contributed by atoms with van der Waals surface area (Å²) in [6.45, 7) is 3.60. The van der Waals surface area contributed by atoms with Crippen LogP contribution in [0, 0.1) is 0 Å². The van der Waals surface area contributed by atoms with Gasteiger partial charge in [0.2, 0.25) is 0 Å². The van der Waals surface area contributed by atoms with Gasteiger partial charge in [0.25, 0.3) is 0 Å². The number of carboxylic acid groups (broad SMARTS) is 1. The van der Waals surface area contributed by atoms with Gasteiger partial charge in [-0.25, -0.2) is 9.59 Å². The Labute approximate surface area is 122 Å². The van der Waals surface area contributed by atoms with E-state index in [0.717, 1.165) is 0 Å². The van der Waals surface area contributed by atoms with Crippen molar-refractivity contribution >= 4 is 11.9 Å². The first-order valence-electron chi connectivity index (χ1n) is 6.43. The zero-order valence-corrected chi connectivity index (χ0v) is 11.5. The van der Waals surface area contributed by atoms with E-state index in [0.29, 0.717) is 6.42 Å². The van der Waals surface area contributed by atoms with Crippen LogP contribution in [-0.2, 0) is 9.47 Å². The van der Waals surface area contributed by atoms with Gasteiger partial charge in [-0.1, -0.05) is 18.2 Å². The van der Waals surface area contributed by atoms with Crippen LogP contribution < -0.4 is 0 Å². The normalized spacial score (nSPS) is 11.7. The Morgan fingerprint density at radius 1 is 1.29 bits per heavy atom. The van der Waals surface area contributed by atoms with Crippen molar-refractivity contribution in [2.45, 2.75) is 12.5 Å². The molecule has 0 fully saturated rings. The molecule has 0 heterocycles. The third kappa shape index (κ3) is 5.37. The van der Waals surface area contributed by atoms with Crippen molar-refractivity contribution in [1.82, 2.24) is 0 Å². The quantitative estimate of drug-likeness (QED) is 0.529. The largest absolute Gasteiger partial charge is 0.478 e. The van der Waals surface area contributed by atoms with Crippen LogP contribution in [-0.4, -0.2) is 48.1 Å². The Hall–Kier alpha value is -2.18. The van der Waals surface area contributed by atoms with Crippen molar-refractivity contribution in [1.29, 1.82) is 0 Å². The number of ether oxygens (including phenoxy) is 2. The van der Waals surface area contributed by atoms with Crippen molar-refractivity contribution < 1.29 is 29.3 Å². The molecule has 1 atom stereocenters. The molecule has 0 spiro atoms. The molecule has 1 aromatic rings. The van der Waals surface area contributed by atoms with E-state index in [4.69, 9.17) is 19.7 Å². The van der Waals surface area contributed by atoms with Gasteiger partial charge in [0.05, 0.1) is 23.8 Å². The van der Waals surface area contributed by atoms with Gasteiger partial charge in [0.1, 0.15) is 6.61 Å². The molecule has 114 valence electrons. The maximum atomic E-state index is 11.9. The molecule has 21 heavy (non-hydrogen) atoms. The lowest BCUT2D eigenvalue weighted by molar-refractivity contribution is -0.00842. The number of carbonyl (C=O) groups is 2. The number of aliphatic hydroxyl groups excluding tert-OH is 1. The van der Waals surface area contributed by atoms with Gasteiger partial charge in [-0.3, -0.25) is 0 Å². The highest BCUT2D eigenvalue weighted by Gasteiger charge is 2.18. The topological polar surface area (TPSA) is 93.1 Å². The first-order chi connectivity index (χ1) is 10.1. The van der Waals surface area contributed by atoms with Gasteiger partial charge in [0.15, 0.2) is 0 Å². The SMILES string of the molecule is C=CCOC(CCO)COC(=O)c1ccccc1C(=O)O. The number of hydrogen-bond donors (Lipinski definition) is 2. The van der Waals surface area contributed by atoms with Gasteiger partial charge in [-0.15, -0.1) is 6.58 Å². The van der Waals surface area contributed by atoms with Crippen molar-refractivity contribution in [2.75, 3.05) is 19.8 Å². The number of carbonyl (C=O) groups excluding carboxylic acids is 1. The molecule has 6 nitrogen and oxygen atoms in total. The lowest BCUT2D eigenvalue weighted by atomic mass is 10.1. The van der Waals surface area contributed by atoms with Gasteiger partial charge >= 0.3 is 11.9 Å². The summed E-state index contributed by atoms with van der Waals surface area (Å²) in [4.78, 5) is 23.0. The average Bonchev–Trinajstić information content (AvgIpc) is 2.49. The van der Waals surface area contributed by atoms with Gasteiger partial charge in [-0.2, -0.15) is 0 Å². The minimum atomic E-state index is -1.20. The van der Waals surface area contributed by atoms with E-state index in [9.17, 15) is 9.59 Å². The maximum Gasteiger partial charge on any atom is 0.339 e. The average molecular weight is 294 g/mol. The molecule has 0 amide bonds. The van der Waals surface area contributed by atoms with E-state index in [1.165, 1.54) is 18.2 Å². The number of carboxylic acids is 1. The Balaban J connectivity index is 2.67. The predicted molar refractivity (Wildman–Crippen MR) is 75.3 cm³/mol. The second kappa shape index (κ2) is 8.89. The number of benzene rings is 1. The molecule has 1 aromatic carbocycles. The van der Waals surface area contributed by atoms with Crippen LogP contribution in [0.3, 0.4) is 0 Å². The monoisotopic (exact) mass is 294 g/mol. The lowest BCUT2D eigenvalue weighted by Crippen LogP contribution is -2.24. The van der Waals surface area contributed by atoms with E-state index in [1.807, 2.05) is 0 Å². The Morgan fingerprint density at radius 3 is 2.52 bits per heavy atom. The molecular weight excluding hydrogens is 276 g/mol. The first-order valence-corrected chi connectivity index (χ1v) is 6.43. The first kappa shape index (κ1) is 16.9. The fourth-order valence-electron chi connectivity index (χ4n) is 1.66. The molecule has 0 radical (unpaired) electrons. The Kier molecular flexibility index (Phi) is 7.14. The van der Waals surface area contributed by atoms with E-state index >= 15 is 0 Å². The molecule has 6 heteroatoms. The predicted octanol–water partition coefficient (Wildman–Crippen LogP) is 1.50. The zero-order chi connectivity index (χ0) is 15.7. The molecule has 2 N–H and O–H groups in total. The third-order valence-corrected chi connectivity index (χ3v) is 2.68. The van der Waals surface area contributed by atoms with E-state index in [-0.39, 0.29) is 30.9 Å². The molecule has 0 saturated carbocycles. The number of esters is 1. The summed E-state index contributed by atoms with van der Waals surface area (Å²) >= 11 is 0. The van der Waals surface area contributed by atoms with E-state index < -0.39 is 18.0 Å². The van der Waals surface area contributed by atoms with Crippen molar-refractivity contribution in [3.05, 3.63) is 48.0 Å². The van der Waals surface area contributed by atoms with Crippen LogP contribution >= 0.6 is 0 Å². The summed E-state index contributed by atoms with van der Waals surface area (Å²) in [5.74, 6) is -1.93. The Morgan fingerprint density at radius 2 is 1.95 bits per heavy atom. The van der Waals surface area contributed by atoms with Crippen LogP contribution in [0.25, 0.3) is 0 Å². The second-order valence-corrected chi connectivity index (χ2v) is 4.21. The molecule has 0 aliphatic rings. The van der Waals surface area contributed by atoms with Crippen LogP contribution in [0.15, 0.2) is 36.9 Å². The molecule has 0 aliphatic heterocycles. The minimum absolute atomic E-state index is 0.0172. The van der Waals surface area contributed by atoms with E-state index in [2.05, 4.69) is 6.58 Å². The fraction of sp³-hybridized carbons (Fsp3) is 0.333. The molecular formula is C15H18O6. The summed E-state index contributed by atoms with van der Waals surface area (Å²) in [5.41, 5.74) is -0.135. The minimum Gasteiger partial charge on any atom is -0.478 e. The van der Waals surface area contributed by atoms with E-state index in [1.54, 1.807) is 12.1 Å². The van der Waals surface area contributed by atoms with Gasteiger partial charge < -0.3 is 19.7 Å². The highest BCUT2D eigenvalue weighted by molar-refractivity contribution is 6.02. The van der Waals surface area contributed by atoms with Crippen molar-refractivity contribution in [3.63, 3.8) is 0 Å². The summed E-state index contributed by atoms with van der Waals surface area (Å²) in [7, 11) is 0. The number of aromatic carboxylic acids is 1. The van der Waals surface area contributed by atoms with Crippen LogP contribution in [0.4, 0.5) is 0 Å². The standard InChI is InChI=1S/C15H18O6/c1-2-9-20-11(7-8-16)10-21-15(19)13-6-4-3-5-12(13)14(17)18/h2-6,11,16H,1,7-10H2,(H,17,18). The maximum absolute atomic E-state index is 11.9. The van der Waals surface area contributed by atoms with Gasteiger partial charge in [-0.05, 0) is 12.1 Å². The summed E-state index contributed by atoms with van der Waals surface area (Å²) in [6.07, 6.45) is 1.39. The molecule has 0 aromatic heterocycles. The highest BCUT2D eigenvalue weighted by atomic mass is 16.6. The molecule has 0 aliphatic carbocycles. The molecule has 1 rings (SSSR count). The molecule has 0 bridgehead atoms. The molecule has 0 saturated heterocycles. The van der Waals surface area contributed by atoms with Crippen molar-refractivity contribution in [2.24, 2.45) is 0 Å². The fourth-order valence-corrected chi connectivity index (χ4v) is 1.66. The van der Waals surface area contributed by atoms with Gasteiger partial charge in [0, 0.05) is 13.0 Å². The summed E-state index contributed by atoms with van der Waals surface area (Å²) < 4.78 is 10.4. The summed E-state index contributed by atoms with van der Waals surface area (Å²) in [6, 6.07) is 5.81. The van der Waals surface area contributed by atoms with Crippen LogP contribution in [0.5, 0.6) is 0 Å². The van der Waals surface area contributed by atoms with Crippen molar-refractivity contribution in [3.8, 4) is 0 Å². The summed E-state index contributed by atoms with van der Waals surface area (Å²) in [5, 5.41) is 17.9. The van der Waals surface area contributed by atoms with Crippen LogP contribution in [0.1, 0.15) is 27.1 Å². The Bertz CT molecular complexity index is 497. The number of hydrogen-bond acceptors (Lipinski definition) is 5. The highest BCUT2D eigenvalue weighted by Crippen LogP contribution is 2.11. The zero-order valence-electron chi connectivity index (χ0n) is 11.5. The smallest absolute Gasteiger partial charge is 0.339 e. The third-order valence-electron chi connectivity index (χ3n) is 2.68. The molecule has 1 unspecified atom stereocenters. The second-order valence-electron chi connectivity index (χ2n) is 4.21. The number of rotatable bonds is 9. The lowest BCUT2D eigenvalue weighted by Gasteiger charge is -2.16. The number of aliphatic hydroxyl groups is 1. The van der Waals surface area contributed by atoms with Crippen LogP contribution in [0.2, 0.25) is 0 Å².